The molecular weight excluding hydrogens is 280 g/mol. The summed E-state index contributed by atoms with van der Waals surface area (Å²) in [6.45, 7) is 9.46. The summed E-state index contributed by atoms with van der Waals surface area (Å²) in [5.41, 5.74) is 1.53. The van der Waals surface area contributed by atoms with Crippen LogP contribution in [0.5, 0.6) is 0 Å². The number of hydrogen-bond acceptors (Lipinski definition) is 1. The molecule has 7 atom stereocenters. The molecule has 4 fully saturated rings. The highest BCUT2D eigenvalue weighted by Crippen LogP contribution is 2.63. The van der Waals surface area contributed by atoms with Gasteiger partial charge in [-0.1, -0.05) is 27.2 Å². The molecule has 7 unspecified atom stereocenters. The van der Waals surface area contributed by atoms with Crippen LogP contribution in [0, 0.1) is 40.4 Å². The fraction of sp³-hybridized carbons (Fsp3) is 1.00. The van der Waals surface area contributed by atoms with Crippen LogP contribution in [-0.2, 0) is 4.74 Å². The van der Waals surface area contributed by atoms with Crippen LogP contribution in [0.25, 0.3) is 0 Å². The van der Waals surface area contributed by atoms with E-state index < -0.39 is 0 Å². The summed E-state index contributed by atoms with van der Waals surface area (Å²) in [5, 5.41) is 0. The van der Waals surface area contributed by atoms with Gasteiger partial charge < -0.3 is 4.74 Å². The lowest BCUT2D eigenvalue weighted by atomic mass is 9.80. The zero-order chi connectivity index (χ0) is 16.1. The van der Waals surface area contributed by atoms with Crippen molar-refractivity contribution in [2.75, 3.05) is 13.2 Å². The zero-order valence-corrected chi connectivity index (χ0v) is 15.8. The summed E-state index contributed by atoms with van der Waals surface area (Å²) in [5.74, 6) is 4.80. The number of fused-ring (bicyclic) bond motifs is 2. The van der Waals surface area contributed by atoms with Gasteiger partial charge in [-0.15, -0.1) is 0 Å². The van der Waals surface area contributed by atoms with Gasteiger partial charge in [0.2, 0.25) is 0 Å². The fourth-order valence-electron chi connectivity index (χ4n) is 5.92. The van der Waals surface area contributed by atoms with Gasteiger partial charge >= 0.3 is 0 Å². The van der Waals surface area contributed by atoms with Gasteiger partial charge in [0.05, 0.1) is 0 Å². The molecule has 1 nitrogen and oxygen atoms in total. The first kappa shape index (κ1) is 16.4. The first-order valence-electron chi connectivity index (χ1n) is 10.5. The monoisotopic (exact) mass is 318 g/mol. The number of hydrogen-bond donors (Lipinski definition) is 0. The maximum atomic E-state index is 6.12. The van der Waals surface area contributed by atoms with Gasteiger partial charge in [0.15, 0.2) is 0 Å². The van der Waals surface area contributed by atoms with E-state index in [0.717, 1.165) is 53.6 Å². The lowest BCUT2D eigenvalue weighted by Crippen LogP contribution is -2.20. The van der Waals surface area contributed by atoms with Gasteiger partial charge in [0.25, 0.3) is 0 Å². The molecule has 132 valence electrons. The van der Waals surface area contributed by atoms with Gasteiger partial charge in [-0.2, -0.15) is 0 Å². The van der Waals surface area contributed by atoms with Crippen molar-refractivity contribution in [3.05, 3.63) is 0 Å². The predicted molar refractivity (Wildman–Crippen MR) is 96.3 cm³/mol. The molecule has 0 saturated heterocycles. The Labute approximate surface area is 143 Å². The molecule has 0 aliphatic heterocycles. The van der Waals surface area contributed by atoms with Crippen LogP contribution in [0.4, 0.5) is 0 Å². The lowest BCUT2D eigenvalue weighted by Gasteiger charge is -2.27. The van der Waals surface area contributed by atoms with E-state index in [9.17, 15) is 0 Å². The van der Waals surface area contributed by atoms with Crippen LogP contribution in [-0.4, -0.2) is 13.2 Å². The molecule has 4 saturated carbocycles. The Morgan fingerprint density at radius 1 is 0.957 bits per heavy atom. The van der Waals surface area contributed by atoms with Crippen molar-refractivity contribution < 1.29 is 4.74 Å². The number of ether oxygens (including phenoxy) is 1. The largest absolute Gasteiger partial charge is 0.381 e. The molecule has 0 N–H and O–H groups in total. The average Bonchev–Trinajstić information content (AvgIpc) is 3.38. The quantitative estimate of drug-likeness (QED) is 0.553. The van der Waals surface area contributed by atoms with Crippen molar-refractivity contribution >= 4 is 0 Å². The van der Waals surface area contributed by atoms with Crippen molar-refractivity contribution in [2.45, 2.75) is 85.0 Å². The van der Waals surface area contributed by atoms with Crippen LogP contribution in [0.3, 0.4) is 0 Å². The van der Waals surface area contributed by atoms with E-state index in [1.54, 1.807) is 0 Å². The molecule has 4 aliphatic rings. The maximum absolute atomic E-state index is 6.12. The summed E-state index contributed by atoms with van der Waals surface area (Å²) in [7, 11) is 0. The first-order chi connectivity index (χ1) is 11.0. The second kappa shape index (κ2) is 6.04. The normalized spacial score (nSPS) is 49.2. The molecule has 0 aromatic carbocycles. The summed E-state index contributed by atoms with van der Waals surface area (Å²) >= 11 is 0. The Balaban J connectivity index is 1.07. The minimum absolute atomic E-state index is 0.751. The SMILES string of the molecule is CC(CCC1CCC2(C)CC2C1)COCC1CCC2(C)CC2C1. The highest BCUT2D eigenvalue weighted by molar-refractivity contribution is 5.03. The van der Waals surface area contributed by atoms with Crippen molar-refractivity contribution in [3.8, 4) is 0 Å². The van der Waals surface area contributed by atoms with Crippen molar-refractivity contribution in [2.24, 2.45) is 40.4 Å². The Hall–Kier alpha value is -0.0400. The topological polar surface area (TPSA) is 9.23 Å². The Morgan fingerprint density at radius 3 is 2.22 bits per heavy atom. The molecule has 23 heavy (non-hydrogen) atoms. The van der Waals surface area contributed by atoms with Gasteiger partial charge in [-0.3, -0.25) is 0 Å². The van der Waals surface area contributed by atoms with E-state index in [1.165, 1.54) is 64.2 Å². The third kappa shape index (κ3) is 3.65. The molecule has 0 amide bonds. The van der Waals surface area contributed by atoms with E-state index >= 15 is 0 Å². The highest BCUT2D eigenvalue weighted by atomic mass is 16.5. The maximum Gasteiger partial charge on any atom is 0.0494 e. The minimum Gasteiger partial charge on any atom is -0.381 e. The molecule has 0 aromatic rings. The van der Waals surface area contributed by atoms with Crippen LogP contribution in [0.2, 0.25) is 0 Å². The van der Waals surface area contributed by atoms with Gasteiger partial charge in [0, 0.05) is 13.2 Å². The van der Waals surface area contributed by atoms with Gasteiger partial charge in [-0.25, -0.2) is 0 Å². The molecule has 0 bridgehead atoms. The molecule has 0 heterocycles. The molecule has 4 aliphatic carbocycles. The van der Waals surface area contributed by atoms with Crippen molar-refractivity contribution in [3.63, 3.8) is 0 Å². The van der Waals surface area contributed by atoms with Crippen LogP contribution >= 0.6 is 0 Å². The lowest BCUT2D eigenvalue weighted by molar-refractivity contribution is 0.0546. The summed E-state index contributed by atoms with van der Waals surface area (Å²) in [4.78, 5) is 0. The third-order valence-corrected chi connectivity index (χ3v) is 8.38. The summed E-state index contributed by atoms with van der Waals surface area (Å²) in [6.07, 6.45) is 14.8. The molecule has 1 heteroatoms. The first-order valence-corrected chi connectivity index (χ1v) is 10.5. The van der Waals surface area contributed by atoms with Crippen LogP contribution in [0.15, 0.2) is 0 Å². The zero-order valence-electron chi connectivity index (χ0n) is 15.8. The van der Waals surface area contributed by atoms with E-state index in [-0.39, 0.29) is 0 Å². The third-order valence-electron chi connectivity index (χ3n) is 8.38. The molecule has 0 radical (unpaired) electrons. The molecule has 4 rings (SSSR count). The summed E-state index contributed by atoms with van der Waals surface area (Å²) < 4.78 is 6.12. The predicted octanol–water partition coefficient (Wildman–Crippen LogP) is 6.07. The second-order valence-corrected chi connectivity index (χ2v) is 10.6. The van der Waals surface area contributed by atoms with Crippen molar-refractivity contribution in [1.29, 1.82) is 0 Å². The minimum atomic E-state index is 0.751. The Kier molecular flexibility index (Phi) is 4.32. The highest BCUT2D eigenvalue weighted by Gasteiger charge is 2.53. The molecular formula is C22H38O. The van der Waals surface area contributed by atoms with E-state index in [0.29, 0.717) is 0 Å². The van der Waals surface area contributed by atoms with Crippen molar-refractivity contribution in [1.82, 2.24) is 0 Å². The summed E-state index contributed by atoms with van der Waals surface area (Å²) in [6, 6.07) is 0. The Bertz CT molecular complexity index is 432. The smallest absolute Gasteiger partial charge is 0.0494 e. The van der Waals surface area contributed by atoms with Gasteiger partial charge in [-0.05, 0) is 98.2 Å². The Morgan fingerprint density at radius 2 is 1.57 bits per heavy atom. The van der Waals surface area contributed by atoms with E-state index in [1.807, 2.05) is 0 Å². The second-order valence-electron chi connectivity index (χ2n) is 10.6. The molecule has 0 spiro atoms. The molecule has 0 aromatic heterocycles. The van der Waals surface area contributed by atoms with Gasteiger partial charge in [0.1, 0.15) is 0 Å². The van der Waals surface area contributed by atoms with E-state index in [4.69, 9.17) is 4.74 Å². The average molecular weight is 319 g/mol. The van der Waals surface area contributed by atoms with E-state index in [2.05, 4.69) is 20.8 Å². The number of rotatable bonds is 7. The van der Waals surface area contributed by atoms with Crippen LogP contribution in [0.1, 0.15) is 85.0 Å². The standard InChI is InChI=1S/C22H38O/c1-16(4-5-17-6-8-21(2)12-19(21)10-17)14-23-15-18-7-9-22(3)13-20(22)11-18/h16-20H,4-15H2,1-3H3. The fourth-order valence-corrected chi connectivity index (χ4v) is 5.92. The van der Waals surface area contributed by atoms with Crippen LogP contribution < -0.4 is 0 Å².